The molecule has 0 heterocycles. The molecule has 0 aliphatic heterocycles. The van der Waals surface area contributed by atoms with Gasteiger partial charge in [0, 0.05) is 39.3 Å². The molecule has 0 bridgehead atoms. The molecule has 0 atom stereocenters. The normalized spacial score (nSPS) is 11.7. The molecule has 0 aliphatic rings. The molecule has 0 fully saturated rings. The molecular formula is C18H32N4O. The van der Waals surface area contributed by atoms with E-state index in [0.29, 0.717) is 0 Å². The highest BCUT2D eigenvalue weighted by atomic mass is 16.5. The zero-order valence-corrected chi connectivity index (χ0v) is 15.3. The number of guanidine groups is 1. The summed E-state index contributed by atoms with van der Waals surface area (Å²) in [6.45, 7) is 6.04. The van der Waals surface area contributed by atoms with Crippen LogP contribution >= 0.6 is 0 Å². The highest BCUT2D eigenvalue weighted by Gasteiger charge is 2.09. The summed E-state index contributed by atoms with van der Waals surface area (Å²) in [7, 11) is 7.74. The first kappa shape index (κ1) is 19.3. The van der Waals surface area contributed by atoms with E-state index in [-0.39, 0.29) is 0 Å². The van der Waals surface area contributed by atoms with E-state index in [9.17, 15) is 0 Å². The fourth-order valence-electron chi connectivity index (χ4n) is 2.45. The Morgan fingerprint density at radius 2 is 1.96 bits per heavy atom. The molecule has 0 amide bonds. The van der Waals surface area contributed by atoms with Gasteiger partial charge in [-0.3, -0.25) is 4.99 Å². The minimum Gasteiger partial charge on any atom is -0.496 e. The summed E-state index contributed by atoms with van der Waals surface area (Å²) in [5.41, 5.74) is 1.15. The predicted molar refractivity (Wildman–Crippen MR) is 98.2 cm³/mol. The van der Waals surface area contributed by atoms with Gasteiger partial charge < -0.3 is 19.9 Å². The van der Waals surface area contributed by atoms with Crippen LogP contribution in [0.1, 0.15) is 25.3 Å². The van der Waals surface area contributed by atoms with Crippen LogP contribution in [0.2, 0.25) is 0 Å². The highest BCUT2D eigenvalue weighted by Crippen LogP contribution is 2.18. The first-order valence-electron chi connectivity index (χ1n) is 8.34. The second kappa shape index (κ2) is 10.9. The number of benzene rings is 1. The molecule has 0 aromatic heterocycles. The molecule has 0 aliphatic carbocycles. The van der Waals surface area contributed by atoms with Crippen LogP contribution in [0.5, 0.6) is 5.75 Å². The number of rotatable bonds is 9. The van der Waals surface area contributed by atoms with Gasteiger partial charge >= 0.3 is 0 Å². The molecule has 0 unspecified atom stereocenters. The first-order valence-corrected chi connectivity index (χ1v) is 8.34. The number of aliphatic imine (C=N–C) groups is 1. The Hall–Kier alpha value is -1.75. The van der Waals surface area contributed by atoms with Crippen LogP contribution in [0.25, 0.3) is 0 Å². The second-order valence-electron chi connectivity index (χ2n) is 5.80. The molecule has 5 heteroatoms. The van der Waals surface area contributed by atoms with Gasteiger partial charge in [-0.05, 0) is 26.1 Å². The van der Waals surface area contributed by atoms with Gasteiger partial charge in [0.15, 0.2) is 5.96 Å². The third-order valence-electron chi connectivity index (χ3n) is 3.84. The maximum absolute atomic E-state index is 5.42. The molecule has 1 rings (SSSR count). The van der Waals surface area contributed by atoms with Crippen LogP contribution in [0.4, 0.5) is 0 Å². The van der Waals surface area contributed by atoms with Crippen LogP contribution in [-0.4, -0.2) is 63.6 Å². The number of para-hydroxylation sites is 1. The topological polar surface area (TPSA) is 40.1 Å². The van der Waals surface area contributed by atoms with Gasteiger partial charge in [-0.15, -0.1) is 0 Å². The average molecular weight is 320 g/mol. The quantitative estimate of drug-likeness (QED) is 0.560. The van der Waals surface area contributed by atoms with Crippen molar-refractivity contribution < 1.29 is 4.74 Å². The summed E-state index contributed by atoms with van der Waals surface area (Å²) >= 11 is 0. The van der Waals surface area contributed by atoms with Gasteiger partial charge in [0.05, 0.1) is 7.11 Å². The fraction of sp³-hybridized carbons (Fsp3) is 0.611. The van der Waals surface area contributed by atoms with Crippen LogP contribution in [0.15, 0.2) is 29.3 Å². The van der Waals surface area contributed by atoms with E-state index in [1.807, 2.05) is 32.3 Å². The van der Waals surface area contributed by atoms with E-state index < -0.39 is 0 Å². The zero-order chi connectivity index (χ0) is 17.1. The maximum atomic E-state index is 5.42. The number of hydrogen-bond acceptors (Lipinski definition) is 3. The molecule has 0 radical (unpaired) electrons. The summed E-state index contributed by atoms with van der Waals surface area (Å²) in [4.78, 5) is 8.84. The van der Waals surface area contributed by atoms with Crippen LogP contribution in [0, 0.1) is 0 Å². The van der Waals surface area contributed by atoms with E-state index in [1.54, 1.807) is 7.11 Å². The van der Waals surface area contributed by atoms with Crippen molar-refractivity contribution in [3.63, 3.8) is 0 Å². The van der Waals surface area contributed by atoms with Gasteiger partial charge in [-0.2, -0.15) is 0 Å². The molecular weight excluding hydrogens is 288 g/mol. The van der Waals surface area contributed by atoms with Gasteiger partial charge in [0.1, 0.15) is 5.75 Å². The lowest BCUT2D eigenvalue weighted by Gasteiger charge is -2.24. The number of likely N-dealkylation sites (N-methyl/N-ethyl adjacent to an activating group) is 1. The SMILES string of the molecule is CCCCN(C)CCNC(=NC)N(C)Cc1ccccc1OC. The number of unbranched alkanes of at least 4 members (excludes halogenated alkanes) is 1. The number of hydrogen-bond donors (Lipinski definition) is 1. The highest BCUT2D eigenvalue weighted by molar-refractivity contribution is 5.79. The Morgan fingerprint density at radius 1 is 1.22 bits per heavy atom. The first-order chi connectivity index (χ1) is 11.1. The number of methoxy groups -OCH3 is 1. The number of nitrogens with one attached hydrogen (secondary N) is 1. The van der Waals surface area contributed by atoms with Crippen molar-refractivity contribution in [2.75, 3.05) is 47.9 Å². The van der Waals surface area contributed by atoms with Crippen LogP contribution in [-0.2, 0) is 6.54 Å². The standard InChI is InChI=1S/C18H32N4O/c1-6-7-13-21(3)14-12-20-18(19-2)22(4)15-16-10-8-9-11-17(16)23-5/h8-11H,6-7,12-15H2,1-5H3,(H,19,20). The molecule has 0 saturated heterocycles. The Kier molecular flexibility index (Phi) is 9.14. The lowest BCUT2D eigenvalue weighted by molar-refractivity contribution is 0.329. The molecule has 0 saturated carbocycles. The van der Waals surface area contributed by atoms with Gasteiger partial charge in [-0.1, -0.05) is 31.5 Å². The van der Waals surface area contributed by atoms with Crippen molar-refractivity contribution in [1.29, 1.82) is 0 Å². The van der Waals surface area contributed by atoms with Crippen molar-refractivity contribution >= 4 is 5.96 Å². The van der Waals surface area contributed by atoms with E-state index in [4.69, 9.17) is 4.74 Å². The second-order valence-corrected chi connectivity index (χ2v) is 5.80. The Morgan fingerprint density at radius 3 is 2.61 bits per heavy atom. The molecule has 23 heavy (non-hydrogen) atoms. The third-order valence-corrected chi connectivity index (χ3v) is 3.84. The van der Waals surface area contributed by atoms with Crippen LogP contribution in [0.3, 0.4) is 0 Å². The Balaban J connectivity index is 2.48. The summed E-state index contributed by atoms with van der Waals surface area (Å²) in [5, 5.41) is 3.43. The van der Waals surface area contributed by atoms with Gasteiger partial charge in [-0.25, -0.2) is 0 Å². The zero-order valence-electron chi connectivity index (χ0n) is 15.3. The molecule has 5 nitrogen and oxygen atoms in total. The lowest BCUT2D eigenvalue weighted by Crippen LogP contribution is -2.41. The summed E-state index contributed by atoms with van der Waals surface area (Å²) in [6, 6.07) is 8.09. The van der Waals surface area contributed by atoms with Gasteiger partial charge in [0.25, 0.3) is 0 Å². The smallest absolute Gasteiger partial charge is 0.193 e. The molecule has 1 aromatic carbocycles. The molecule has 130 valence electrons. The molecule has 0 spiro atoms. The van der Waals surface area contributed by atoms with Crippen molar-refractivity contribution in [1.82, 2.24) is 15.1 Å². The minimum absolute atomic E-state index is 0.759. The monoisotopic (exact) mass is 320 g/mol. The maximum Gasteiger partial charge on any atom is 0.193 e. The number of ether oxygens (including phenoxy) is 1. The Bertz CT molecular complexity index is 476. The van der Waals surface area contributed by atoms with Crippen LogP contribution < -0.4 is 10.1 Å². The molecule has 1 N–H and O–H groups in total. The Labute approximate surface area is 141 Å². The average Bonchev–Trinajstić information content (AvgIpc) is 2.57. The lowest BCUT2D eigenvalue weighted by atomic mass is 10.2. The van der Waals surface area contributed by atoms with E-state index >= 15 is 0 Å². The minimum atomic E-state index is 0.759. The summed E-state index contributed by atoms with van der Waals surface area (Å²) in [6.07, 6.45) is 2.49. The fourth-order valence-corrected chi connectivity index (χ4v) is 2.45. The number of nitrogens with zero attached hydrogens (tertiary/aromatic N) is 3. The van der Waals surface area contributed by atoms with E-state index in [0.717, 1.165) is 43.5 Å². The van der Waals surface area contributed by atoms with Gasteiger partial charge in [0.2, 0.25) is 0 Å². The van der Waals surface area contributed by atoms with Crippen molar-refractivity contribution in [2.45, 2.75) is 26.3 Å². The summed E-state index contributed by atoms with van der Waals surface area (Å²) in [5.74, 6) is 1.81. The van der Waals surface area contributed by atoms with E-state index in [1.165, 1.54) is 12.8 Å². The van der Waals surface area contributed by atoms with Crippen molar-refractivity contribution in [2.24, 2.45) is 4.99 Å². The summed E-state index contributed by atoms with van der Waals surface area (Å²) < 4.78 is 5.42. The molecule has 1 aromatic rings. The van der Waals surface area contributed by atoms with E-state index in [2.05, 4.69) is 40.1 Å². The largest absolute Gasteiger partial charge is 0.496 e. The van der Waals surface area contributed by atoms with Crippen molar-refractivity contribution in [3.8, 4) is 5.75 Å². The predicted octanol–water partition coefficient (Wildman–Crippen LogP) is 2.43. The van der Waals surface area contributed by atoms with Crippen molar-refractivity contribution in [3.05, 3.63) is 29.8 Å². The third kappa shape index (κ3) is 6.91.